The van der Waals surface area contributed by atoms with Crippen LogP contribution < -0.4 is 5.32 Å². The molecule has 2 saturated heterocycles. The van der Waals surface area contributed by atoms with Gasteiger partial charge in [0.25, 0.3) is 0 Å². The summed E-state index contributed by atoms with van der Waals surface area (Å²) in [5, 5.41) is 3.12. The van der Waals surface area contributed by atoms with Gasteiger partial charge >= 0.3 is 0 Å². The van der Waals surface area contributed by atoms with Crippen LogP contribution in [-0.2, 0) is 20.8 Å². The van der Waals surface area contributed by atoms with E-state index in [1.165, 1.54) is 0 Å². The first-order valence-corrected chi connectivity index (χ1v) is 7.52. The number of hydrogen-bond acceptors (Lipinski definition) is 3. The Labute approximate surface area is 133 Å². The van der Waals surface area contributed by atoms with Crippen LogP contribution in [0.15, 0.2) is 24.3 Å². The van der Waals surface area contributed by atoms with Gasteiger partial charge in [-0.25, -0.2) is 0 Å². The average molecular weight is 322 g/mol. The van der Waals surface area contributed by atoms with E-state index in [9.17, 15) is 14.4 Å². The predicted molar refractivity (Wildman–Crippen MR) is 80.2 cm³/mol. The lowest BCUT2D eigenvalue weighted by Gasteiger charge is -2.42. The van der Waals surface area contributed by atoms with Crippen molar-refractivity contribution in [2.75, 3.05) is 26.2 Å². The zero-order valence-corrected chi connectivity index (χ0v) is 12.7. The van der Waals surface area contributed by atoms with Crippen LogP contribution in [0.2, 0.25) is 5.02 Å². The third kappa shape index (κ3) is 2.78. The molecule has 0 unspecified atom stereocenters. The third-order valence-corrected chi connectivity index (χ3v) is 4.44. The number of fused-ring (bicyclic) bond motifs is 1. The number of halogens is 1. The molecule has 0 aliphatic carbocycles. The van der Waals surface area contributed by atoms with Gasteiger partial charge in [0.05, 0.1) is 19.5 Å². The number of benzene rings is 1. The number of piperazine rings is 2. The Hall–Kier alpha value is -2.08. The van der Waals surface area contributed by atoms with Crippen LogP contribution in [0.25, 0.3) is 0 Å². The van der Waals surface area contributed by atoms with E-state index in [4.69, 9.17) is 11.6 Å². The fourth-order valence-corrected chi connectivity index (χ4v) is 3.03. The molecule has 6 nitrogen and oxygen atoms in total. The van der Waals surface area contributed by atoms with Crippen LogP contribution in [0.4, 0.5) is 0 Å². The monoisotopic (exact) mass is 321 g/mol. The summed E-state index contributed by atoms with van der Waals surface area (Å²) in [5.41, 5.74) is 0.765. The number of nitrogens with zero attached hydrogens (tertiary/aromatic N) is 2. The second-order valence-electron chi connectivity index (χ2n) is 5.43. The molecule has 2 heterocycles. The van der Waals surface area contributed by atoms with Gasteiger partial charge in [0, 0.05) is 18.1 Å². The van der Waals surface area contributed by atoms with Crippen LogP contribution in [0.3, 0.4) is 0 Å². The molecule has 22 heavy (non-hydrogen) atoms. The predicted octanol–water partition coefficient (Wildman–Crippen LogP) is 0.0517. The second-order valence-corrected chi connectivity index (χ2v) is 5.84. The van der Waals surface area contributed by atoms with Crippen molar-refractivity contribution >= 4 is 29.3 Å². The lowest BCUT2D eigenvalue weighted by Crippen LogP contribution is -2.66. The summed E-state index contributed by atoms with van der Waals surface area (Å²) in [7, 11) is 0. The van der Waals surface area contributed by atoms with Crippen molar-refractivity contribution in [3.05, 3.63) is 34.9 Å². The SMILES string of the molecule is O=C1NCC(=O)N2CCN(C(=O)Cc3ccccc3Cl)C[C@@H]12. The van der Waals surface area contributed by atoms with E-state index in [0.29, 0.717) is 18.1 Å². The Bertz CT molecular complexity index is 634. The van der Waals surface area contributed by atoms with E-state index < -0.39 is 6.04 Å². The van der Waals surface area contributed by atoms with Crippen LogP contribution >= 0.6 is 11.6 Å². The van der Waals surface area contributed by atoms with Crippen molar-refractivity contribution in [1.29, 1.82) is 0 Å². The Morgan fingerprint density at radius 2 is 2.05 bits per heavy atom. The summed E-state index contributed by atoms with van der Waals surface area (Å²) in [4.78, 5) is 39.3. The molecular formula is C15H16ClN3O3. The van der Waals surface area contributed by atoms with Crippen LogP contribution in [0.1, 0.15) is 5.56 Å². The highest BCUT2D eigenvalue weighted by Gasteiger charge is 2.39. The maximum absolute atomic E-state index is 12.4. The normalized spacial score (nSPS) is 21.4. The molecule has 0 bridgehead atoms. The zero-order valence-electron chi connectivity index (χ0n) is 11.9. The van der Waals surface area contributed by atoms with Crippen molar-refractivity contribution in [1.82, 2.24) is 15.1 Å². The molecule has 116 valence electrons. The molecule has 2 aliphatic rings. The first kappa shape index (κ1) is 14.8. The van der Waals surface area contributed by atoms with E-state index in [2.05, 4.69) is 5.32 Å². The molecular weight excluding hydrogens is 306 g/mol. The fourth-order valence-electron chi connectivity index (χ4n) is 2.83. The van der Waals surface area contributed by atoms with Crippen molar-refractivity contribution in [3.8, 4) is 0 Å². The van der Waals surface area contributed by atoms with Gasteiger partial charge in [-0.1, -0.05) is 29.8 Å². The second kappa shape index (κ2) is 5.96. The van der Waals surface area contributed by atoms with Gasteiger partial charge in [-0.2, -0.15) is 0 Å². The number of carbonyl (C=O) groups excluding carboxylic acids is 3. The van der Waals surface area contributed by atoms with Crippen LogP contribution in [0.5, 0.6) is 0 Å². The van der Waals surface area contributed by atoms with Gasteiger partial charge in [-0.15, -0.1) is 0 Å². The highest BCUT2D eigenvalue weighted by Crippen LogP contribution is 2.18. The minimum absolute atomic E-state index is 0.0445. The maximum atomic E-state index is 12.4. The minimum atomic E-state index is -0.579. The molecule has 2 aliphatic heterocycles. The lowest BCUT2D eigenvalue weighted by atomic mass is 10.1. The molecule has 1 aromatic rings. The maximum Gasteiger partial charge on any atom is 0.245 e. The van der Waals surface area contributed by atoms with Crippen molar-refractivity contribution in [2.45, 2.75) is 12.5 Å². The van der Waals surface area contributed by atoms with E-state index in [0.717, 1.165) is 5.56 Å². The minimum Gasteiger partial charge on any atom is -0.345 e. The molecule has 1 N–H and O–H groups in total. The Morgan fingerprint density at radius 1 is 1.27 bits per heavy atom. The molecule has 2 fully saturated rings. The Morgan fingerprint density at radius 3 is 2.82 bits per heavy atom. The highest BCUT2D eigenvalue weighted by molar-refractivity contribution is 6.31. The van der Waals surface area contributed by atoms with E-state index in [-0.39, 0.29) is 37.2 Å². The Kier molecular flexibility index (Phi) is 4.02. The van der Waals surface area contributed by atoms with Crippen molar-refractivity contribution in [2.24, 2.45) is 0 Å². The quantitative estimate of drug-likeness (QED) is 0.837. The van der Waals surface area contributed by atoms with Crippen LogP contribution in [0, 0.1) is 0 Å². The van der Waals surface area contributed by atoms with Gasteiger partial charge in [-0.3, -0.25) is 14.4 Å². The summed E-state index contributed by atoms with van der Waals surface area (Å²) in [5.74, 6) is -0.379. The first-order valence-electron chi connectivity index (χ1n) is 7.14. The van der Waals surface area contributed by atoms with Gasteiger partial charge in [0.15, 0.2) is 0 Å². The Balaban J connectivity index is 1.69. The molecule has 7 heteroatoms. The van der Waals surface area contributed by atoms with Crippen molar-refractivity contribution in [3.63, 3.8) is 0 Å². The van der Waals surface area contributed by atoms with Crippen LogP contribution in [-0.4, -0.2) is 59.7 Å². The molecule has 0 radical (unpaired) electrons. The molecule has 3 amide bonds. The molecule has 0 spiro atoms. The fraction of sp³-hybridized carbons (Fsp3) is 0.400. The molecule has 3 rings (SSSR count). The summed E-state index contributed by atoms with van der Waals surface area (Å²) in [6.07, 6.45) is 0.196. The van der Waals surface area contributed by atoms with E-state index in [1.54, 1.807) is 15.9 Å². The number of hydrogen-bond donors (Lipinski definition) is 1. The van der Waals surface area contributed by atoms with Crippen molar-refractivity contribution < 1.29 is 14.4 Å². The average Bonchev–Trinajstić information content (AvgIpc) is 2.53. The molecule has 1 atom stereocenters. The largest absolute Gasteiger partial charge is 0.345 e. The van der Waals surface area contributed by atoms with E-state index >= 15 is 0 Å². The topological polar surface area (TPSA) is 69.7 Å². The number of rotatable bonds is 2. The van der Waals surface area contributed by atoms with Gasteiger partial charge in [0.1, 0.15) is 6.04 Å². The first-order chi connectivity index (χ1) is 10.6. The molecule has 0 aromatic heterocycles. The van der Waals surface area contributed by atoms with Gasteiger partial charge < -0.3 is 15.1 Å². The number of amides is 3. The van der Waals surface area contributed by atoms with E-state index in [1.807, 2.05) is 18.2 Å². The summed E-state index contributed by atoms with van der Waals surface area (Å²) in [6.45, 7) is 1.12. The highest BCUT2D eigenvalue weighted by atomic mass is 35.5. The van der Waals surface area contributed by atoms with Gasteiger partial charge in [-0.05, 0) is 11.6 Å². The zero-order chi connectivity index (χ0) is 15.7. The smallest absolute Gasteiger partial charge is 0.245 e. The third-order valence-electron chi connectivity index (χ3n) is 4.07. The standard InChI is InChI=1S/C15H16ClN3O3/c16-11-4-2-1-3-10(11)7-13(20)18-5-6-19-12(9-18)15(22)17-8-14(19)21/h1-4,12H,5-9H2,(H,17,22)/t12-/m0/s1. The number of carbonyl (C=O) groups is 3. The summed E-state index contributed by atoms with van der Waals surface area (Å²) in [6, 6.07) is 6.63. The van der Waals surface area contributed by atoms with Gasteiger partial charge in [0.2, 0.25) is 17.7 Å². The molecule has 1 aromatic carbocycles. The summed E-state index contributed by atoms with van der Waals surface area (Å²) >= 11 is 6.07. The lowest BCUT2D eigenvalue weighted by molar-refractivity contribution is -0.152. The summed E-state index contributed by atoms with van der Waals surface area (Å²) < 4.78 is 0. The number of nitrogens with one attached hydrogen (secondary N) is 1. The molecule has 0 saturated carbocycles.